The molecule has 0 aromatic carbocycles. The summed E-state index contributed by atoms with van der Waals surface area (Å²) in [5, 5.41) is 19.0. The molecule has 17 heavy (non-hydrogen) atoms. The Labute approximate surface area is 95.0 Å². The largest absolute Gasteiger partial charge is 0.480 e. The van der Waals surface area contributed by atoms with Crippen molar-refractivity contribution in [3.05, 3.63) is 0 Å². The summed E-state index contributed by atoms with van der Waals surface area (Å²) in [5.41, 5.74) is 0. The van der Waals surface area contributed by atoms with E-state index in [2.05, 4.69) is 0 Å². The molecule has 0 aliphatic rings. The first kappa shape index (κ1) is 15.5. The van der Waals surface area contributed by atoms with Crippen molar-refractivity contribution in [3.8, 4) is 0 Å². The lowest BCUT2D eigenvalue weighted by atomic mass is 10.3. The van der Waals surface area contributed by atoms with Crippen molar-refractivity contribution in [3.63, 3.8) is 0 Å². The summed E-state index contributed by atoms with van der Waals surface area (Å²) in [4.78, 5) is 22.3. The standard InChI is InChI=1S/C8H13F3N2O4/c1-13(3-2-8(9,10)11)7(17)12-5(4-14)6(15)16/h5,14H,2-4H2,1H3,(H,12,17)(H,15,16)/t5-/m0/s1. The van der Waals surface area contributed by atoms with Gasteiger partial charge >= 0.3 is 18.2 Å². The average Bonchev–Trinajstić information content (AvgIpc) is 2.20. The van der Waals surface area contributed by atoms with Crippen LogP contribution in [-0.2, 0) is 4.79 Å². The van der Waals surface area contributed by atoms with Crippen LogP contribution in [0.25, 0.3) is 0 Å². The second-order valence-electron chi connectivity index (χ2n) is 3.31. The Morgan fingerprint density at radius 3 is 2.29 bits per heavy atom. The number of nitrogens with zero attached hydrogens (tertiary/aromatic N) is 1. The molecule has 0 unspecified atom stereocenters. The molecule has 0 saturated heterocycles. The number of amides is 2. The molecule has 0 spiro atoms. The molecule has 0 fully saturated rings. The smallest absolute Gasteiger partial charge is 0.390 e. The molecular formula is C8H13F3N2O4. The number of rotatable bonds is 5. The van der Waals surface area contributed by atoms with E-state index >= 15 is 0 Å². The summed E-state index contributed by atoms with van der Waals surface area (Å²) >= 11 is 0. The Hall–Kier alpha value is -1.51. The van der Waals surface area contributed by atoms with E-state index in [0.29, 0.717) is 4.90 Å². The minimum absolute atomic E-state index is 0.590. The molecule has 1 atom stereocenters. The number of alkyl halides is 3. The summed E-state index contributed by atoms with van der Waals surface area (Å²) in [7, 11) is 1.09. The molecule has 0 aromatic rings. The number of carboxylic acids is 1. The Morgan fingerprint density at radius 1 is 1.41 bits per heavy atom. The Morgan fingerprint density at radius 2 is 1.94 bits per heavy atom. The molecule has 0 heterocycles. The quantitative estimate of drug-likeness (QED) is 0.648. The number of hydrogen-bond acceptors (Lipinski definition) is 3. The van der Waals surface area contributed by atoms with Crippen LogP contribution in [0.5, 0.6) is 0 Å². The van der Waals surface area contributed by atoms with Crippen LogP contribution in [0.1, 0.15) is 6.42 Å². The van der Waals surface area contributed by atoms with Crippen LogP contribution in [0.2, 0.25) is 0 Å². The SMILES string of the molecule is CN(CCC(F)(F)F)C(=O)N[C@@H](CO)C(=O)O. The topological polar surface area (TPSA) is 89.9 Å². The van der Waals surface area contributed by atoms with Crippen molar-refractivity contribution < 1.29 is 33.0 Å². The predicted octanol–water partition coefficient (Wildman–Crippen LogP) is 0.0257. The number of carbonyl (C=O) groups excluding carboxylic acids is 1. The van der Waals surface area contributed by atoms with Crippen molar-refractivity contribution in [1.82, 2.24) is 10.2 Å². The van der Waals surface area contributed by atoms with Gasteiger partial charge in [-0.15, -0.1) is 0 Å². The van der Waals surface area contributed by atoms with Crippen molar-refractivity contribution in [2.45, 2.75) is 18.6 Å². The minimum atomic E-state index is -4.39. The van der Waals surface area contributed by atoms with Gasteiger partial charge in [0.05, 0.1) is 13.0 Å². The van der Waals surface area contributed by atoms with E-state index < -0.39 is 43.8 Å². The lowest BCUT2D eigenvalue weighted by molar-refractivity contribution is -0.141. The van der Waals surface area contributed by atoms with Crippen LogP contribution in [0.3, 0.4) is 0 Å². The van der Waals surface area contributed by atoms with Crippen molar-refractivity contribution >= 4 is 12.0 Å². The maximum atomic E-state index is 11.8. The molecule has 0 bridgehead atoms. The maximum absolute atomic E-state index is 11.8. The molecule has 0 aliphatic heterocycles. The van der Waals surface area contributed by atoms with Crippen molar-refractivity contribution in [2.24, 2.45) is 0 Å². The van der Waals surface area contributed by atoms with Crippen LogP contribution in [0.15, 0.2) is 0 Å². The number of halogens is 3. The zero-order chi connectivity index (χ0) is 13.6. The first-order chi connectivity index (χ1) is 7.67. The lowest BCUT2D eigenvalue weighted by Crippen LogP contribution is -2.48. The van der Waals surface area contributed by atoms with E-state index in [-0.39, 0.29) is 0 Å². The van der Waals surface area contributed by atoms with Crippen molar-refractivity contribution in [2.75, 3.05) is 20.2 Å². The summed E-state index contributed by atoms with van der Waals surface area (Å²) in [6.45, 7) is -1.43. The van der Waals surface area contributed by atoms with Gasteiger partial charge in [0.15, 0.2) is 6.04 Å². The molecule has 6 nitrogen and oxygen atoms in total. The molecule has 0 aromatic heterocycles. The van der Waals surface area contributed by atoms with Gasteiger partial charge in [-0.25, -0.2) is 9.59 Å². The summed E-state index contributed by atoms with van der Waals surface area (Å²) in [6.07, 6.45) is -5.58. The van der Waals surface area contributed by atoms with Gasteiger partial charge in [-0.2, -0.15) is 13.2 Å². The molecule has 0 radical (unpaired) electrons. The maximum Gasteiger partial charge on any atom is 0.390 e. The zero-order valence-electron chi connectivity index (χ0n) is 8.99. The van der Waals surface area contributed by atoms with Gasteiger partial charge in [-0.3, -0.25) is 0 Å². The van der Waals surface area contributed by atoms with Crippen LogP contribution in [-0.4, -0.2) is 59.5 Å². The summed E-state index contributed by atoms with van der Waals surface area (Å²) in [5.74, 6) is -1.47. The van der Waals surface area contributed by atoms with Gasteiger partial charge < -0.3 is 20.4 Å². The second kappa shape index (κ2) is 6.28. The number of nitrogens with one attached hydrogen (secondary N) is 1. The van der Waals surface area contributed by atoms with Crippen LogP contribution in [0.4, 0.5) is 18.0 Å². The lowest BCUT2D eigenvalue weighted by Gasteiger charge is -2.20. The first-order valence-electron chi connectivity index (χ1n) is 4.59. The highest BCUT2D eigenvalue weighted by molar-refractivity contribution is 5.82. The monoisotopic (exact) mass is 258 g/mol. The molecule has 3 N–H and O–H groups in total. The van der Waals surface area contributed by atoms with Gasteiger partial charge in [0.2, 0.25) is 0 Å². The third-order valence-corrected chi connectivity index (χ3v) is 1.86. The molecule has 100 valence electrons. The number of aliphatic hydroxyl groups is 1. The summed E-state index contributed by atoms with van der Waals surface area (Å²) < 4.78 is 35.5. The fraction of sp³-hybridized carbons (Fsp3) is 0.750. The molecule has 2 amide bonds. The number of aliphatic carboxylic acids is 1. The first-order valence-corrected chi connectivity index (χ1v) is 4.59. The Bertz CT molecular complexity index is 282. The highest BCUT2D eigenvalue weighted by Crippen LogP contribution is 2.19. The van der Waals surface area contributed by atoms with Gasteiger partial charge in [0.25, 0.3) is 0 Å². The predicted molar refractivity (Wildman–Crippen MR) is 50.3 cm³/mol. The molecule has 9 heteroatoms. The molecule has 0 saturated carbocycles. The number of carboxylic acid groups (broad SMARTS) is 1. The number of urea groups is 1. The average molecular weight is 258 g/mol. The molecule has 0 aliphatic carbocycles. The van der Waals surface area contributed by atoms with Crippen LogP contribution < -0.4 is 5.32 Å². The van der Waals surface area contributed by atoms with Gasteiger partial charge in [0, 0.05) is 13.6 Å². The van der Waals surface area contributed by atoms with Crippen molar-refractivity contribution in [1.29, 1.82) is 0 Å². The number of aliphatic hydroxyl groups excluding tert-OH is 1. The Kier molecular flexibility index (Phi) is 5.72. The normalized spacial score (nSPS) is 13.0. The third-order valence-electron chi connectivity index (χ3n) is 1.86. The fourth-order valence-electron chi connectivity index (χ4n) is 0.841. The van der Waals surface area contributed by atoms with E-state index in [9.17, 15) is 22.8 Å². The minimum Gasteiger partial charge on any atom is -0.480 e. The van der Waals surface area contributed by atoms with Gasteiger partial charge in [-0.05, 0) is 0 Å². The molecular weight excluding hydrogens is 245 g/mol. The third kappa shape index (κ3) is 6.61. The van der Waals surface area contributed by atoms with E-state index in [1.165, 1.54) is 0 Å². The van der Waals surface area contributed by atoms with Crippen LogP contribution in [0, 0.1) is 0 Å². The van der Waals surface area contributed by atoms with E-state index in [1.807, 2.05) is 5.32 Å². The highest BCUT2D eigenvalue weighted by atomic mass is 19.4. The van der Waals surface area contributed by atoms with Gasteiger partial charge in [0.1, 0.15) is 0 Å². The Balaban J connectivity index is 4.18. The van der Waals surface area contributed by atoms with E-state index in [0.717, 1.165) is 7.05 Å². The number of carbonyl (C=O) groups is 2. The van der Waals surface area contributed by atoms with E-state index in [4.69, 9.17) is 10.2 Å². The number of hydrogen-bond donors (Lipinski definition) is 3. The molecule has 0 rings (SSSR count). The van der Waals surface area contributed by atoms with Crippen LogP contribution >= 0.6 is 0 Å². The zero-order valence-corrected chi connectivity index (χ0v) is 8.99. The highest BCUT2D eigenvalue weighted by Gasteiger charge is 2.28. The fourth-order valence-corrected chi connectivity index (χ4v) is 0.841. The second-order valence-corrected chi connectivity index (χ2v) is 3.31. The van der Waals surface area contributed by atoms with Gasteiger partial charge in [-0.1, -0.05) is 0 Å². The van der Waals surface area contributed by atoms with E-state index in [1.54, 1.807) is 0 Å². The summed E-state index contributed by atoms with van der Waals surface area (Å²) in [6, 6.07) is -2.52.